The molecule has 1 aromatic rings. The maximum Gasteiger partial charge on any atom is 0.0641 e. The van der Waals surface area contributed by atoms with Crippen LogP contribution in [0.5, 0.6) is 0 Å². The van der Waals surface area contributed by atoms with Gasteiger partial charge in [0.25, 0.3) is 0 Å². The van der Waals surface area contributed by atoms with Gasteiger partial charge in [0.2, 0.25) is 0 Å². The van der Waals surface area contributed by atoms with Crippen LogP contribution in [0, 0.1) is 13.8 Å². The fourth-order valence-electron chi connectivity index (χ4n) is 3.64. The van der Waals surface area contributed by atoms with Crippen molar-refractivity contribution in [1.29, 1.82) is 0 Å². The van der Waals surface area contributed by atoms with E-state index in [9.17, 15) is 0 Å². The van der Waals surface area contributed by atoms with Crippen LogP contribution in [0.4, 0.5) is 0 Å². The first kappa shape index (κ1) is 18.4. The van der Waals surface area contributed by atoms with E-state index in [4.69, 9.17) is 10.2 Å². The zero-order valence-corrected chi connectivity index (χ0v) is 15.4. The van der Waals surface area contributed by atoms with Crippen molar-refractivity contribution in [2.45, 2.75) is 65.6 Å². The zero-order valence-electron chi connectivity index (χ0n) is 15.4. The summed E-state index contributed by atoms with van der Waals surface area (Å²) in [6, 6.07) is 0.669. The van der Waals surface area contributed by atoms with Crippen molar-refractivity contribution in [3.8, 4) is 0 Å². The molecule has 0 atom stereocenters. The molecule has 0 aliphatic carbocycles. The van der Waals surface area contributed by atoms with Gasteiger partial charge in [0, 0.05) is 43.5 Å². The van der Waals surface area contributed by atoms with Gasteiger partial charge in [-0.1, -0.05) is 6.92 Å². The van der Waals surface area contributed by atoms with E-state index in [1.807, 2.05) is 0 Å². The number of nitrogens with zero attached hydrogens (tertiary/aromatic N) is 4. The molecule has 5 nitrogen and oxygen atoms in total. The molecule has 1 aliphatic heterocycles. The number of piperidine rings is 1. The zero-order chi connectivity index (χ0) is 16.8. The van der Waals surface area contributed by atoms with Crippen LogP contribution in [-0.4, -0.2) is 64.0 Å². The lowest BCUT2D eigenvalue weighted by Gasteiger charge is -2.36. The summed E-state index contributed by atoms with van der Waals surface area (Å²) in [7, 11) is 2.19. The van der Waals surface area contributed by atoms with Crippen LogP contribution in [0.25, 0.3) is 0 Å². The Bertz CT molecular complexity index is 478. The van der Waals surface area contributed by atoms with Crippen LogP contribution in [0.1, 0.15) is 49.6 Å². The molecule has 5 heteroatoms. The number of rotatable bonds is 8. The van der Waals surface area contributed by atoms with Crippen LogP contribution < -0.4 is 0 Å². The molecule has 1 saturated heterocycles. The van der Waals surface area contributed by atoms with E-state index >= 15 is 0 Å². The molecule has 2 heterocycles. The van der Waals surface area contributed by atoms with E-state index in [1.165, 1.54) is 29.8 Å². The minimum Gasteiger partial charge on any atom is -0.396 e. The standard InChI is InChI=1S/C18H34N4O/c1-5-9-22-16(3)18(15(2)19-22)14-21-11-7-17(8-12-21)20(4)10-6-13-23/h17,23H,5-14H2,1-4H3. The second kappa shape index (κ2) is 8.81. The Labute approximate surface area is 141 Å². The van der Waals surface area contributed by atoms with Crippen LogP contribution >= 0.6 is 0 Å². The summed E-state index contributed by atoms with van der Waals surface area (Å²) in [6.45, 7) is 12.2. The highest BCUT2D eigenvalue weighted by Crippen LogP contribution is 2.21. The molecule has 1 aliphatic rings. The average molecular weight is 322 g/mol. The predicted octanol–water partition coefficient (Wildman–Crippen LogP) is 2.19. The molecule has 23 heavy (non-hydrogen) atoms. The Kier molecular flexibility index (Phi) is 7.06. The average Bonchev–Trinajstić information content (AvgIpc) is 2.81. The fourth-order valence-corrected chi connectivity index (χ4v) is 3.64. The molecule has 0 unspecified atom stereocenters. The molecular weight excluding hydrogens is 288 g/mol. The number of aryl methyl sites for hydroxylation is 2. The van der Waals surface area contributed by atoms with Crippen molar-refractivity contribution >= 4 is 0 Å². The monoisotopic (exact) mass is 322 g/mol. The molecule has 2 rings (SSSR count). The Morgan fingerprint density at radius 1 is 1.26 bits per heavy atom. The minimum absolute atomic E-state index is 0.295. The molecule has 0 radical (unpaired) electrons. The molecule has 0 aromatic carbocycles. The van der Waals surface area contributed by atoms with Gasteiger partial charge in [0.15, 0.2) is 0 Å². The number of hydrogen-bond acceptors (Lipinski definition) is 4. The minimum atomic E-state index is 0.295. The number of likely N-dealkylation sites (tertiary alicyclic amines) is 1. The van der Waals surface area contributed by atoms with E-state index < -0.39 is 0 Å². The lowest BCUT2D eigenvalue weighted by atomic mass is 10.0. The van der Waals surface area contributed by atoms with E-state index in [0.717, 1.165) is 45.6 Å². The van der Waals surface area contributed by atoms with Crippen molar-refractivity contribution in [2.75, 3.05) is 33.3 Å². The van der Waals surface area contributed by atoms with Gasteiger partial charge in [-0.05, 0) is 59.7 Å². The molecule has 0 bridgehead atoms. The molecule has 1 fully saturated rings. The molecule has 132 valence electrons. The lowest BCUT2D eigenvalue weighted by molar-refractivity contribution is 0.117. The number of hydrogen-bond donors (Lipinski definition) is 1. The van der Waals surface area contributed by atoms with Gasteiger partial charge < -0.3 is 10.0 Å². The number of aliphatic hydroxyl groups is 1. The highest BCUT2D eigenvalue weighted by Gasteiger charge is 2.23. The maximum absolute atomic E-state index is 8.97. The summed E-state index contributed by atoms with van der Waals surface area (Å²) in [5.41, 5.74) is 3.95. The van der Waals surface area contributed by atoms with Gasteiger partial charge in [-0.3, -0.25) is 9.58 Å². The van der Waals surface area contributed by atoms with Crippen molar-refractivity contribution in [2.24, 2.45) is 0 Å². The summed E-state index contributed by atoms with van der Waals surface area (Å²) >= 11 is 0. The van der Waals surface area contributed by atoms with Crippen LogP contribution in [0.3, 0.4) is 0 Å². The third kappa shape index (κ3) is 4.78. The van der Waals surface area contributed by atoms with Gasteiger partial charge in [-0.2, -0.15) is 5.10 Å². The summed E-state index contributed by atoms with van der Waals surface area (Å²) in [5, 5.41) is 13.7. The molecule has 1 aromatic heterocycles. The molecule has 0 saturated carbocycles. The van der Waals surface area contributed by atoms with Crippen molar-refractivity contribution in [1.82, 2.24) is 19.6 Å². The van der Waals surface area contributed by atoms with Gasteiger partial charge in [-0.25, -0.2) is 0 Å². The third-order valence-electron chi connectivity index (χ3n) is 5.20. The van der Waals surface area contributed by atoms with Crippen molar-refractivity contribution < 1.29 is 5.11 Å². The highest BCUT2D eigenvalue weighted by molar-refractivity contribution is 5.24. The van der Waals surface area contributed by atoms with Gasteiger partial charge >= 0.3 is 0 Å². The van der Waals surface area contributed by atoms with E-state index in [-0.39, 0.29) is 0 Å². The topological polar surface area (TPSA) is 44.5 Å². The SMILES string of the molecule is CCCn1nc(C)c(CN2CCC(N(C)CCCO)CC2)c1C. The largest absolute Gasteiger partial charge is 0.396 e. The third-order valence-corrected chi connectivity index (χ3v) is 5.20. The quantitative estimate of drug-likeness (QED) is 0.797. The Morgan fingerprint density at radius 2 is 1.96 bits per heavy atom. The Balaban J connectivity index is 1.87. The second-order valence-corrected chi connectivity index (χ2v) is 6.94. The van der Waals surface area contributed by atoms with Crippen LogP contribution in [0.2, 0.25) is 0 Å². The summed E-state index contributed by atoms with van der Waals surface area (Å²) in [4.78, 5) is 4.99. The Hall–Kier alpha value is -0.910. The smallest absolute Gasteiger partial charge is 0.0641 e. The van der Waals surface area contributed by atoms with Crippen LogP contribution in [-0.2, 0) is 13.1 Å². The molecular formula is C18H34N4O. The van der Waals surface area contributed by atoms with Gasteiger partial charge in [-0.15, -0.1) is 0 Å². The first-order chi connectivity index (χ1) is 11.1. The molecule has 0 spiro atoms. The van der Waals surface area contributed by atoms with E-state index in [0.29, 0.717) is 12.6 Å². The van der Waals surface area contributed by atoms with E-state index in [1.54, 1.807) is 0 Å². The fraction of sp³-hybridized carbons (Fsp3) is 0.833. The molecule has 1 N–H and O–H groups in total. The predicted molar refractivity (Wildman–Crippen MR) is 94.6 cm³/mol. The highest BCUT2D eigenvalue weighted by atomic mass is 16.3. The van der Waals surface area contributed by atoms with Gasteiger partial charge in [0.1, 0.15) is 0 Å². The maximum atomic E-state index is 8.97. The second-order valence-electron chi connectivity index (χ2n) is 6.94. The normalized spacial score (nSPS) is 17.3. The van der Waals surface area contributed by atoms with Crippen molar-refractivity contribution in [3.05, 3.63) is 17.0 Å². The first-order valence-corrected chi connectivity index (χ1v) is 9.13. The number of aromatic nitrogens is 2. The molecule has 0 amide bonds. The van der Waals surface area contributed by atoms with Gasteiger partial charge in [0.05, 0.1) is 5.69 Å². The lowest BCUT2D eigenvalue weighted by Crippen LogP contribution is -2.43. The number of aliphatic hydroxyl groups excluding tert-OH is 1. The van der Waals surface area contributed by atoms with E-state index in [2.05, 4.69) is 42.3 Å². The Morgan fingerprint density at radius 3 is 2.57 bits per heavy atom. The van der Waals surface area contributed by atoms with Crippen molar-refractivity contribution in [3.63, 3.8) is 0 Å². The summed E-state index contributed by atoms with van der Waals surface area (Å²) in [6.07, 6.45) is 4.46. The first-order valence-electron chi connectivity index (χ1n) is 9.13. The summed E-state index contributed by atoms with van der Waals surface area (Å²) in [5.74, 6) is 0. The van der Waals surface area contributed by atoms with Crippen LogP contribution in [0.15, 0.2) is 0 Å². The summed E-state index contributed by atoms with van der Waals surface area (Å²) < 4.78 is 2.17.